The Kier molecular flexibility index (Phi) is 2.90. The highest BCUT2D eigenvalue weighted by molar-refractivity contribution is 5.39. The summed E-state index contributed by atoms with van der Waals surface area (Å²) in [6.45, 7) is 1.33. The summed E-state index contributed by atoms with van der Waals surface area (Å²) in [5, 5.41) is 9.20. The molecule has 0 heterocycles. The molecule has 2 nitrogen and oxygen atoms in total. The molecule has 0 saturated heterocycles. The van der Waals surface area contributed by atoms with Gasteiger partial charge in [0.25, 0.3) is 0 Å². The molecule has 15 heavy (non-hydrogen) atoms. The van der Waals surface area contributed by atoms with Crippen molar-refractivity contribution < 1.29 is 22.7 Å². The van der Waals surface area contributed by atoms with Gasteiger partial charge in [-0.15, -0.1) is 0 Å². The van der Waals surface area contributed by atoms with E-state index in [1.54, 1.807) is 0 Å². The average Bonchev–Trinajstić information content (AvgIpc) is 2.08. The highest BCUT2D eigenvalue weighted by Gasteiger charge is 2.39. The van der Waals surface area contributed by atoms with Crippen LogP contribution in [0.2, 0.25) is 0 Å². The Hall–Kier alpha value is -1.30. The molecule has 0 aliphatic rings. The molecule has 0 radical (unpaired) electrons. The van der Waals surface area contributed by atoms with E-state index in [1.165, 1.54) is 6.92 Å². The molecule has 1 rings (SSSR count). The van der Waals surface area contributed by atoms with Crippen LogP contribution in [0.3, 0.4) is 0 Å². The van der Waals surface area contributed by atoms with E-state index in [1.807, 2.05) is 0 Å². The lowest BCUT2D eigenvalue weighted by Gasteiger charge is -2.17. The van der Waals surface area contributed by atoms with Crippen molar-refractivity contribution in [2.45, 2.75) is 19.1 Å². The van der Waals surface area contributed by atoms with E-state index in [-0.39, 0.29) is 5.56 Å². The molecular weight excluding hydrogens is 214 g/mol. The molecule has 0 amide bonds. The van der Waals surface area contributed by atoms with Gasteiger partial charge in [-0.3, -0.25) is 0 Å². The Morgan fingerprint density at radius 3 is 2.33 bits per heavy atom. The first-order valence-electron chi connectivity index (χ1n) is 4.04. The maximum Gasteiger partial charge on any atom is 0.407 e. The second-order valence-electron chi connectivity index (χ2n) is 3.18. The average molecular weight is 223 g/mol. The molecule has 0 aromatic heterocycles. The lowest BCUT2D eigenvalue weighted by molar-refractivity contribution is -0.149. The summed E-state index contributed by atoms with van der Waals surface area (Å²) in [6, 6.07) is -0.869. The summed E-state index contributed by atoms with van der Waals surface area (Å²) in [4.78, 5) is 0. The van der Waals surface area contributed by atoms with E-state index in [4.69, 9.17) is 5.73 Å². The zero-order valence-corrected chi connectivity index (χ0v) is 7.77. The van der Waals surface area contributed by atoms with Crippen molar-refractivity contribution in [3.8, 4) is 5.75 Å². The first-order chi connectivity index (χ1) is 6.73. The number of aryl methyl sites for hydroxylation is 1. The summed E-state index contributed by atoms with van der Waals surface area (Å²) in [5.41, 5.74) is 4.24. The van der Waals surface area contributed by atoms with E-state index < -0.39 is 29.3 Å². The van der Waals surface area contributed by atoms with Gasteiger partial charge in [0, 0.05) is 5.56 Å². The molecule has 0 saturated carbocycles. The van der Waals surface area contributed by atoms with Crippen LogP contribution >= 0.6 is 0 Å². The number of halogens is 4. The monoisotopic (exact) mass is 223 g/mol. The minimum absolute atomic E-state index is 0.0608. The number of phenolic OH excluding ortho intramolecular Hbond substituents is 1. The lowest BCUT2D eigenvalue weighted by atomic mass is 10.0. The summed E-state index contributed by atoms with van der Waals surface area (Å²) in [5.74, 6) is -1.48. The molecule has 1 aromatic rings. The fourth-order valence-electron chi connectivity index (χ4n) is 1.11. The molecule has 1 atom stereocenters. The number of benzene rings is 1. The molecule has 0 aliphatic carbocycles. The number of phenols is 1. The van der Waals surface area contributed by atoms with Gasteiger partial charge in [-0.1, -0.05) is 0 Å². The van der Waals surface area contributed by atoms with Crippen molar-refractivity contribution in [3.63, 3.8) is 0 Å². The molecule has 84 valence electrons. The van der Waals surface area contributed by atoms with Gasteiger partial charge in [0.15, 0.2) is 0 Å². The number of rotatable bonds is 1. The first kappa shape index (κ1) is 11.8. The molecule has 0 aliphatic heterocycles. The van der Waals surface area contributed by atoms with Crippen LogP contribution in [0.1, 0.15) is 17.2 Å². The second kappa shape index (κ2) is 3.69. The summed E-state index contributed by atoms with van der Waals surface area (Å²) >= 11 is 0. The molecule has 0 bridgehead atoms. The van der Waals surface area contributed by atoms with Crippen molar-refractivity contribution in [1.82, 2.24) is 0 Å². The number of alkyl halides is 3. The van der Waals surface area contributed by atoms with Crippen LogP contribution < -0.4 is 5.73 Å². The molecule has 0 fully saturated rings. The third-order valence-corrected chi connectivity index (χ3v) is 2.00. The summed E-state index contributed by atoms with van der Waals surface area (Å²) in [7, 11) is 0. The van der Waals surface area contributed by atoms with E-state index in [2.05, 4.69) is 0 Å². The van der Waals surface area contributed by atoms with Gasteiger partial charge in [-0.25, -0.2) is 4.39 Å². The zero-order valence-electron chi connectivity index (χ0n) is 7.77. The molecule has 0 spiro atoms. The predicted molar refractivity (Wildman–Crippen MR) is 45.8 cm³/mol. The molecule has 0 unspecified atom stereocenters. The Morgan fingerprint density at radius 1 is 1.33 bits per heavy atom. The number of hydrogen-bond donors (Lipinski definition) is 2. The van der Waals surface area contributed by atoms with Gasteiger partial charge in [-0.05, 0) is 24.6 Å². The minimum atomic E-state index is -4.71. The quantitative estimate of drug-likeness (QED) is 0.718. The van der Waals surface area contributed by atoms with Crippen LogP contribution in [0.15, 0.2) is 12.1 Å². The van der Waals surface area contributed by atoms with Gasteiger partial charge in [0.1, 0.15) is 17.6 Å². The maximum atomic E-state index is 13.0. The Bertz CT molecular complexity index is 375. The van der Waals surface area contributed by atoms with Crippen LogP contribution in [0.4, 0.5) is 17.6 Å². The van der Waals surface area contributed by atoms with E-state index in [0.717, 1.165) is 6.07 Å². The fourth-order valence-corrected chi connectivity index (χ4v) is 1.11. The van der Waals surface area contributed by atoms with Crippen molar-refractivity contribution in [2.75, 3.05) is 0 Å². The standard InChI is InChI=1S/C9H9F4NO/c1-4-2-7(15)5(3-6(4)10)8(14)9(11,12)13/h2-3,8,15H,14H2,1H3/t8-/m0/s1. The zero-order chi connectivity index (χ0) is 11.8. The highest BCUT2D eigenvalue weighted by Crippen LogP contribution is 2.35. The SMILES string of the molecule is Cc1cc(O)c([C@H](N)C(F)(F)F)cc1F. The smallest absolute Gasteiger partial charge is 0.407 e. The van der Waals surface area contributed by atoms with Crippen molar-refractivity contribution in [3.05, 3.63) is 29.1 Å². The van der Waals surface area contributed by atoms with E-state index in [9.17, 15) is 22.7 Å². The van der Waals surface area contributed by atoms with Crippen molar-refractivity contribution >= 4 is 0 Å². The molecule has 6 heteroatoms. The highest BCUT2D eigenvalue weighted by atomic mass is 19.4. The van der Waals surface area contributed by atoms with E-state index in [0.29, 0.717) is 6.07 Å². The van der Waals surface area contributed by atoms with Gasteiger partial charge < -0.3 is 10.8 Å². The third-order valence-electron chi connectivity index (χ3n) is 2.00. The van der Waals surface area contributed by atoms with Gasteiger partial charge >= 0.3 is 6.18 Å². The Balaban J connectivity index is 3.21. The fraction of sp³-hybridized carbons (Fsp3) is 0.333. The number of nitrogens with two attached hydrogens (primary N) is 1. The van der Waals surface area contributed by atoms with E-state index >= 15 is 0 Å². The Labute approximate surface area is 83.3 Å². The first-order valence-corrected chi connectivity index (χ1v) is 4.04. The Morgan fingerprint density at radius 2 is 1.87 bits per heavy atom. The number of aromatic hydroxyl groups is 1. The topological polar surface area (TPSA) is 46.2 Å². The minimum Gasteiger partial charge on any atom is -0.508 e. The largest absolute Gasteiger partial charge is 0.508 e. The van der Waals surface area contributed by atoms with Crippen molar-refractivity contribution in [1.29, 1.82) is 0 Å². The normalized spacial score (nSPS) is 14.0. The molecule has 1 aromatic carbocycles. The van der Waals surface area contributed by atoms with Crippen LogP contribution in [0, 0.1) is 12.7 Å². The second-order valence-corrected chi connectivity index (χ2v) is 3.18. The van der Waals surface area contributed by atoms with Crippen LogP contribution in [0.5, 0.6) is 5.75 Å². The number of hydrogen-bond acceptors (Lipinski definition) is 2. The van der Waals surface area contributed by atoms with Crippen LogP contribution in [-0.2, 0) is 0 Å². The predicted octanol–water partition coefficient (Wildman–Crippen LogP) is 2.40. The van der Waals surface area contributed by atoms with Crippen molar-refractivity contribution in [2.24, 2.45) is 5.73 Å². The summed E-state index contributed by atoms with van der Waals surface area (Å²) in [6.07, 6.45) is -4.71. The van der Waals surface area contributed by atoms with Crippen LogP contribution in [0.25, 0.3) is 0 Å². The van der Waals surface area contributed by atoms with Gasteiger partial charge in [-0.2, -0.15) is 13.2 Å². The van der Waals surface area contributed by atoms with Crippen LogP contribution in [-0.4, -0.2) is 11.3 Å². The maximum absolute atomic E-state index is 13.0. The lowest BCUT2D eigenvalue weighted by Crippen LogP contribution is -2.28. The third kappa shape index (κ3) is 2.38. The molecular formula is C9H9F4NO. The van der Waals surface area contributed by atoms with Gasteiger partial charge in [0.05, 0.1) is 0 Å². The molecule has 3 N–H and O–H groups in total. The summed E-state index contributed by atoms with van der Waals surface area (Å²) < 4.78 is 49.5. The van der Waals surface area contributed by atoms with Gasteiger partial charge in [0.2, 0.25) is 0 Å².